The molecule has 0 amide bonds. The van der Waals surface area contributed by atoms with Crippen LogP contribution in [-0.4, -0.2) is 27.9 Å². The summed E-state index contributed by atoms with van der Waals surface area (Å²) >= 11 is 0. The highest BCUT2D eigenvalue weighted by Crippen LogP contribution is 2.36. The van der Waals surface area contributed by atoms with Gasteiger partial charge in [-0.3, -0.25) is 4.98 Å². The van der Waals surface area contributed by atoms with Crippen LogP contribution in [0.1, 0.15) is 16.2 Å². The standard InChI is InChI=1S/C20H13N3O5/c24-20(16-9-21-14-3-1-2-4-15(14)22-16)25-10-13-8-18(28-23-13)12-5-6-17-19(7-12)27-11-26-17/h1-9H,10-11H2. The summed E-state index contributed by atoms with van der Waals surface area (Å²) in [6, 6.07) is 14.5. The maximum Gasteiger partial charge on any atom is 0.358 e. The highest BCUT2D eigenvalue weighted by molar-refractivity contribution is 5.89. The molecule has 4 aromatic rings. The van der Waals surface area contributed by atoms with Crippen LogP contribution in [0.4, 0.5) is 0 Å². The number of hydrogen-bond donors (Lipinski definition) is 0. The third-order valence-corrected chi connectivity index (χ3v) is 4.22. The summed E-state index contributed by atoms with van der Waals surface area (Å²) < 4.78 is 21.3. The van der Waals surface area contributed by atoms with Gasteiger partial charge in [0.25, 0.3) is 0 Å². The molecule has 0 radical (unpaired) electrons. The van der Waals surface area contributed by atoms with E-state index in [9.17, 15) is 4.79 Å². The van der Waals surface area contributed by atoms with Crippen LogP contribution in [0, 0.1) is 0 Å². The summed E-state index contributed by atoms with van der Waals surface area (Å²) in [5.74, 6) is 1.30. The lowest BCUT2D eigenvalue weighted by Crippen LogP contribution is -2.08. The number of aromatic nitrogens is 3. The molecule has 0 N–H and O–H groups in total. The average Bonchev–Trinajstić information content (AvgIpc) is 3.40. The van der Waals surface area contributed by atoms with E-state index in [0.717, 1.165) is 5.56 Å². The highest BCUT2D eigenvalue weighted by atomic mass is 16.7. The molecule has 0 aliphatic carbocycles. The Morgan fingerprint density at radius 2 is 1.89 bits per heavy atom. The number of rotatable bonds is 4. The van der Waals surface area contributed by atoms with Gasteiger partial charge in [-0.15, -0.1) is 0 Å². The molecule has 0 unspecified atom stereocenters. The number of esters is 1. The number of ether oxygens (including phenoxy) is 3. The Balaban J connectivity index is 1.28. The van der Waals surface area contributed by atoms with Gasteiger partial charge in [-0.25, -0.2) is 9.78 Å². The van der Waals surface area contributed by atoms with Crippen molar-refractivity contribution in [3.8, 4) is 22.8 Å². The number of nitrogens with zero attached hydrogens (tertiary/aromatic N) is 3. The summed E-state index contributed by atoms with van der Waals surface area (Å²) in [7, 11) is 0. The Hall–Kier alpha value is -3.94. The van der Waals surface area contributed by atoms with Gasteiger partial charge in [-0.05, 0) is 30.3 Å². The van der Waals surface area contributed by atoms with Crippen LogP contribution >= 0.6 is 0 Å². The van der Waals surface area contributed by atoms with Crippen molar-refractivity contribution in [2.75, 3.05) is 6.79 Å². The largest absolute Gasteiger partial charge is 0.454 e. The maximum absolute atomic E-state index is 12.3. The molecule has 0 saturated carbocycles. The molecule has 1 aliphatic heterocycles. The van der Waals surface area contributed by atoms with Crippen LogP contribution in [0.25, 0.3) is 22.4 Å². The minimum atomic E-state index is -0.578. The van der Waals surface area contributed by atoms with Crippen molar-refractivity contribution in [3.05, 3.63) is 66.1 Å². The first-order valence-corrected chi connectivity index (χ1v) is 8.51. The second-order valence-electron chi connectivity index (χ2n) is 6.07. The molecule has 0 fully saturated rings. The van der Waals surface area contributed by atoms with Crippen LogP contribution < -0.4 is 9.47 Å². The zero-order valence-electron chi connectivity index (χ0n) is 14.5. The van der Waals surface area contributed by atoms with Gasteiger partial charge in [-0.1, -0.05) is 17.3 Å². The lowest BCUT2D eigenvalue weighted by atomic mass is 10.1. The molecule has 1 aliphatic rings. The number of benzene rings is 2. The van der Waals surface area contributed by atoms with Crippen molar-refractivity contribution in [3.63, 3.8) is 0 Å². The van der Waals surface area contributed by atoms with Gasteiger partial charge in [0.2, 0.25) is 6.79 Å². The first-order chi connectivity index (χ1) is 13.8. The monoisotopic (exact) mass is 375 g/mol. The predicted molar refractivity (Wildman–Crippen MR) is 96.7 cm³/mol. The van der Waals surface area contributed by atoms with E-state index in [1.54, 1.807) is 18.2 Å². The molecule has 3 heterocycles. The molecule has 0 saturated heterocycles. The summed E-state index contributed by atoms with van der Waals surface area (Å²) in [4.78, 5) is 20.7. The SMILES string of the molecule is O=C(OCc1cc(-c2ccc3c(c2)OCO3)on1)c1cnc2ccccc2n1. The Morgan fingerprint density at radius 3 is 2.82 bits per heavy atom. The highest BCUT2D eigenvalue weighted by Gasteiger charge is 2.17. The third-order valence-electron chi connectivity index (χ3n) is 4.22. The van der Waals surface area contributed by atoms with Crippen LogP contribution in [-0.2, 0) is 11.3 Å². The summed E-state index contributed by atoms with van der Waals surface area (Å²) in [6.45, 7) is 0.162. The second-order valence-corrected chi connectivity index (χ2v) is 6.07. The van der Waals surface area contributed by atoms with Gasteiger partial charge in [-0.2, -0.15) is 0 Å². The van der Waals surface area contributed by atoms with Gasteiger partial charge in [0.05, 0.1) is 17.2 Å². The van der Waals surface area contributed by atoms with Crippen molar-refractivity contribution in [1.82, 2.24) is 15.1 Å². The maximum atomic E-state index is 12.3. The first-order valence-electron chi connectivity index (χ1n) is 8.51. The van der Waals surface area contributed by atoms with Crippen LogP contribution in [0.2, 0.25) is 0 Å². The second kappa shape index (κ2) is 6.66. The molecular weight excluding hydrogens is 362 g/mol. The lowest BCUT2D eigenvalue weighted by Gasteiger charge is -2.02. The van der Waals surface area contributed by atoms with E-state index in [-0.39, 0.29) is 19.1 Å². The van der Waals surface area contributed by atoms with Crippen molar-refractivity contribution < 1.29 is 23.5 Å². The smallest absolute Gasteiger partial charge is 0.358 e. The fourth-order valence-electron chi connectivity index (χ4n) is 2.83. The fourth-order valence-corrected chi connectivity index (χ4v) is 2.83. The number of carbonyl (C=O) groups is 1. The zero-order chi connectivity index (χ0) is 18.9. The van der Waals surface area contributed by atoms with Crippen LogP contribution in [0.15, 0.2) is 59.3 Å². The molecular formula is C20H13N3O5. The van der Waals surface area contributed by atoms with Crippen molar-refractivity contribution in [2.24, 2.45) is 0 Å². The van der Waals surface area contributed by atoms with Crippen molar-refractivity contribution in [2.45, 2.75) is 6.61 Å². The summed E-state index contributed by atoms with van der Waals surface area (Å²) in [5, 5.41) is 3.94. The molecule has 8 nitrogen and oxygen atoms in total. The van der Waals surface area contributed by atoms with E-state index in [2.05, 4.69) is 15.1 Å². The van der Waals surface area contributed by atoms with Crippen molar-refractivity contribution >= 4 is 17.0 Å². The molecule has 2 aromatic carbocycles. The van der Waals surface area contributed by atoms with E-state index < -0.39 is 5.97 Å². The van der Waals surface area contributed by atoms with Gasteiger partial charge >= 0.3 is 5.97 Å². The van der Waals surface area contributed by atoms with E-state index in [0.29, 0.717) is 34.0 Å². The van der Waals surface area contributed by atoms with Crippen molar-refractivity contribution in [1.29, 1.82) is 0 Å². The normalized spacial score (nSPS) is 12.3. The minimum Gasteiger partial charge on any atom is -0.454 e. The molecule has 8 heteroatoms. The average molecular weight is 375 g/mol. The first kappa shape index (κ1) is 16.2. The zero-order valence-corrected chi connectivity index (χ0v) is 14.5. The Kier molecular flexibility index (Phi) is 3.86. The predicted octanol–water partition coefficient (Wildman–Crippen LogP) is 3.37. The molecule has 5 rings (SSSR count). The Morgan fingerprint density at radius 1 is 1.04 bits per heavy atom. The Bertz CT molecular complexity index is 1190. The van der Waals surface area contributed by atoms with Gasteiger partial charge < -0.3 is 18.7 Å². The fraction of sp³-hybridized carbons (Fsp3) is 0.100. The molecule has 0 bridgehead atoms. The lowest BCUT2D eigenvalue weighted by molar-refractivity contribution is 0.0457. The molecule has 0 spiro atoms. The molecule has 138 valence electrons. The van der Waals surface area contributed by atoms with Gasteiger partial charge in [0.15, 0.2) is 23.0 Å². The topological polar surface area (TPSA) is 96.6 Å². The quantitative estimate of drug-likeness (QED) is 0.501. The molecule has 2 aromatic heterocycles. The van der Waals surface area contributed by atoms with Crippen LogP contribution in [0.5, 0.6) is 11.5 Å². The number of fused-ring (bicyclic) bond motifs is 2. The van der Waals surface area contributed by atoms with E-state index >= 15 is 0 Å². The summed E-state index contributed by atoms with van der Waals surface area (Å²) in [6.07, 6.45) is 1.39. The van der Waals surface area contributed by atoms with E-state index in [4.69, 9.17) is 18.7 Å². The third kappa shape index (κ3) is 3.01. The Labute approximate surface area is 158 Å². The number of para-hydroxylation sites is 2. The number of hydrogen-bond acceptors (Lipinski definition) is 8. The van der Waals surface area contributed by atoms with E-state index in [1.165, 1.54) is 6.20 Å². The number of carbonyl (C=O) groups excluding carboxylic acids is 1. The molecule has 28 heavy (non-hydrogen) atoms. The minimum absolute atomic E-state index is 0.0403. The van der Waals surface area contributed by atoms with Gasteiger partial charge in [0, 0.05) is 11.6 Å². The van der Waals surface area contributed by atoms with E-state index in [1.807, 2.05) is 30.3 Å². The van der Waals surface area contributed by atoms with Crippen LogP contribution in [0.3, 0.4) is 0 Å². The summed E-state index contributed by atoms with van der Waals surface area (Å²) in [5.41, 5.74) is 2.75. The molecule has 0 atom stereocenters. The van der Waals surface area contributed by atoms with Gasteiger partial charge in [0.1, 0.15) is 12.3 Å².